The van der Waals surface area contributed by atoms with Gasteiger partial charge in [0.1, 0.15) is 0 Å². The van der Waals surface area contributed by atoms with Gasteiger partial charge in [-0.3, -0.25) is 9.48 Å². The molecule has 4 rings (SSSR count). The molecule has 2 heterocycles. The molecule has 8 nitrogen and oxygen atoms in total. The van der Waals surface area contributed by atoms with E-state index in [2.05, 4.69) is 56.8 Å². The zero-order chi connectivity index (χ0) is 26.6. The first kappa shape index (κ1) is 27.1. The number of rotatable bonds is 15. The molecular weight excluding hydrogens is 474 g/mol. The molecule has 0 radical (unpaired) electrons. The van der Waals surface area contributed by atoms with Gasteiger partial charge >= 0.3 is 0 Å². The minimum atomic E-state index is -0.0557. The van der Waals surface area contributed by atoms with Crippen LogP contribution in [0.2, 0.25) is 0 Å². The molecule has 0 aliphatic carbocycles. The summed E-state index contributed by atoms with van der Waals surface area (Å²) in [6.45, 7) is 3.31. The Kier molecular flexibility index (Phi) is 10.1. The van der Waals surface area contributed by atoms with Crippen molar-refractivity contribution in [3.63, 3.8) is 0 Å². The zero-order valence-electron chi connectivity index (χ0n) is 22.3. The predicted molar refractivity (Wildman–Crippen MR) is 152 cm³/mol. The first-order chi connectivity index (χ1) is 18.6. The van der Waals surface area contributed by atoms with Crippen LogP contribution in [-0.4, -0.2) is 37.4 Å². The lowest BCUT2D eigenvalue weighted by atomic mass is 10.1. The minimum absolute atomic E-state index is 0.0557. The fraction of sp³-hybridized carbons (Fsp3) is 0.400. The van der Waals surface area contributed by atoms with Crippen LogP contribution < -0.4 is 11.1 Å². The van der Waals surface area contributed by atoms with Crippen LogP contribution in [0, 0.1) is 0 Å². The third-order valence-electron chi connectivity index (χ3n) is 6.70. The first-order valence-electron chi connectivity index (χ1n) is 13.8. The Balaban J connectivity index is 1.13. The van der Waals surface area contributed by atoms with Gasteiger partial charge in [0.05, 0.1) is 17.9 Å². The maximum Gasteiger partial charge on any atom is 0.251 e. The maximum absolute atomic E-state index is 12.5. The Morgan fingerprint density at radius 2 is 1.71 bits per heavy atom. The van der Waals surface area contributed by atoms with E-state index in [0.29, 0.717) is 24.6 Å². The predicted octanol–water partition coefficient (Wildman–Crippen LogP) is 5.37. The molecule has 4 aromatic rings. The molecule has 1 amide bonds. The lowest BCUT2D eigenvalue weighted by Crippen LogP contribution is -2.27. The molecule has 2 aromatic heterocycles. The number of carbonyl (C=O) groups is 1. The van der Waals surface area contributed by atoms with Gasteiger partial charge in [0.2, 0.25) is 0 Å². The van der Waals surface area contributed by atoms with Crippen molar-refractivity contribution in [2.24, 2.45) is 0 Å². The molecule has 2 aromatic carbocycles. The average Bonchev–Trinajstić information content (AvgIpc) is 3.55. The number of nitrogens with two attached hydrogens (primary N) is 1. The second kappa shape index (κ2) is 14.1. The number of carbonyl (C=O) groups excluding carboxylic acids is 1. The van der Waals surface area contributed by atoms with E-state index in [-0.39, 0.29) is 5.91 Å². The number of aryl methyl sites for hydroxylation is 3. The van der Waals surface area contributed by atoms with Crippen molar-refractivity contribution in [2.45, 2.75) is 71.3 Å². The van der Waals surface area contributed by atoms with Crippen molar-refractivity contribution in [3.05, 3.63) is 83.3 Å². The molecule has 0 saturated heterocycles. The van der Waals surface area contributed by atoms with Gasteiger partial charge in [-0.25, -0.2) is 4.98 Å². The molecule has 0 aliphatic heterocycles. The quantitative estimate of drug-likeness (QED) is 0.185. The number of imidazole rings is 1. The highest BCUT2D eigenvalue weighted by molar-refractivity contribution is 5.94. The number of benzene rings is 2. The first-order valence-corrected chi connectivity index (χ1v) is 13.8. The van der Waals surface area contributed by atoms with E-state index in [9.17, 15) is 4.79 Å². The zero-order valence-corrected chi connectivity index (χ0v) is 22.3. The number of nitrogen functional groups attached to an aromatic ring is 1. The van der Waals surface area contributed by atoms with E-state index in [1.54, 1.807) is 4.68 Å². The second-order valence-electron chi connectivity index (χ2n) is 9.76. The number of unbranched alkanes of at least 4 members (excludes halogenated alkanes) is 4. The van der Waals surface area contributed by atoms with Crippen LogP contribution in [0.15, 0.2) is 60.8 Å². The van der Waals surface area contributed by atoms with Crippen molar-refractivity contribution >= 4 is 11.9 Å². The van der Waals surface area contributed by atoms with Crippen LogP contribution >= 0.6 is 0 Å². The van der Waals surface area contributed by atoms with E-state index < -0.39 is 0 Å². The molecule has 200 valence electrons. The van der Waals surface area contributed by atoms with E-state index in [1.807, 2.05) is 36.5 Å². The van der Waals surface area contributed by atoms with Crippen LogP contribution in [0.1, 0.15) is 72.8 Å². The fourth-order valence-electron chi connectivity index (χ4n) is 4.58. The van der Waals surface area contributed by atoms with Crippen molar-refractivity contribution in [1.29, 1.82) is 0 Å². The number of anilines is 1. The van der Waals surface area contributed by atoms with Gasteiger partial charge < -0.3 is 16.0 Å². The summed E-state index contributed by atoms with van der Waals surface area (Å²) in [5.41, 5.74) is 12.0. The Morgan fingerprint density at radius 1 is 0.947 bits per heavy atom. The minimum Gasteiger partial charge on any atom is -0.369 e. The summed E-state index contributed by atoms with van der Waals surface area (Å²) in [7, 11) is 0. The van der Waals surface area contributed by atoms with E-state index in [4.69, 9.17) is 5.73 Å². The van der Waals surface area contributed by atoms with Crippen molar-refractivity contribution in [1.82, 2.24) is 30.3 Å². The van der Waals surface area contributed by atoms with Gasteiger partial charge in [-0.2, -0.15) is 0 Å². The Hall–Kier alpha value is -3.94. The molecular formula is C30H39N7O. The number of H-pyrrole nitrogens is 1. The average molecular weight is 514 g/mol. The number of aromatic nitrogens is 5. The molecule has 38 heavy (non-hydrogen) atoms. The summed E-state index contributed by atoms with van der Waals surface area (Å²) >= 11 is 0. The van der Waals surface area contributed by atoms with Crippen LogP contribution in [0.3, 0.4) is 0 Å². The van der Waals surface area contributed by atoms with E-state index in [1.165, 1.54) is 24.8 Å². The number of nitrogens with one attached hydrogen (secondary N) is 2. The molecule has 0 fully saturated rings. The standard InChI is InChI=1S/C30H39N7O/c1-2-3-6-11-23-16-18-25(19-17-23)29(38)32-20-21-37-22-26(35-36-37)14-9-5-10-15-27-28(34-30(31)33-27)24-12-7-4-8-13-24/h4,7-8,12-13,16-19,22H,2-3,5-6,9-11,14-15,20-21H2,1H3,(H,32,38)(H3,31,33,34). The largest absolute Gasteiger partial charge is 0.369 e. The van der Waals surface area contributed by atoms with Crippen LogP contribution in [-0.2, 0) is 25.8 Å². The highest BCUT2D eigenvalue weighted by Gasteiger charge is 2.11. The maximum atomic E-state index is 12.5. The highest BCUT2D eigenvalue weighted by Crippen LogP contribution is 2.24. The van der Waals surface area contributed by atoms with Crippen molar-refractivity contribution < 1.29 is 4.79 Å². The lowest BCUT2D eigenvalue weighted by molar-refractivity contribution is 0.0952. The molecule has 0 aliphatic rings. The summed E-state index contributed by atoms with van der Waals surface area (Å²) in [6, 6.07) is 18.1. The van der Waals surface area contributed by atoms with Crippen LogP contribution in [0.25, 0.3) is 11.3 Å². The molecule has 0 atom stereocenters. The number of aromatic amines is 1. The number of hydrogen-bond donors (Lipinski definition) is 3. The van der Waals surface area contributed by atoms with Crippen molar-refractivity contribution in [3.8, 4) is 11.3 Å². The van der Waals surface area contributed by atoms with Gasteiger partial charge in [-0.1, -0.05) is 73.9 Å². The second-order valence-corrected chi connectivity index (χ2v) is 9.76. The molecule has 0 spiro atoms. The van der Waals surface area contributed by atoms with Gasteiger partial charge in [0, 0.05) is 29.6 Å². The molecule has 8 heteroatoms. The Morgan fingerprint density at radius 3 is 2.50 bits per heavy atom. The molecule has 0 unspecified atom stereocenters. The Labute approximate surface area is 225 Å². The van der Waals surface area contributed by atoms with Gasteiger partial charge in [0.15, 0.2) is 5.95 Å². The topological polar surface area (TPSA) is 115 Å². The molecule has 4 N–H and O–H groups in total. The van der Waals surface area contributed by atoms with Crippen LogP contribution in [0.5, 0.6) is 0 Å². The van der Waals surface area contributed by atoms with Gasteiger partial charge in [-0.15, -0.1) is 5.10 Å². The number of nitrogens with zero attached hydrogens (tertiary/aromatic N) is 4. The van der Waals surface area contributed by atoms with Gasteiger partial charge in [-0.05, 0) is 56.2 Å². The molecule has 0 saturated carbocycles. The summed E-state index contributed by atoms with van der Waals surface area (Å²) in [6.07, 6.45) is 11.6. The number of amides is 1. The third-order valence-corrected chi connectivity index (χ3v) is 6.70. The molecule has 0 bridgehead atoms. The summed E-state index contributed by atoms with van der Waals surface area (Å²) in [5.74, 6) is 0.405. The van der Waals surface area contributed by atoms with Crippen molar-refractivity contribution in [2.75, 3.05) is 12.3 Å². The van der Waals surface area contributed by atoms with E-state index in [0.717, 1.165) is 61.2 Å². The summed E-state index contributed by atoms with van der Waals surface area (Å²) in [5, 5.41) is 11.5. The van der Waals surface area contributed by atoms with Crippen LogP contribution in [0.4, 0.5) is 5.95 Å². The van der Waals surface area contributed by atoms with Gasteiger partial charge in [0.25, 0.3) is 5.91 Å². The smallest absolute Gasteiger partial charge is 0.251 e. The summed E-state index contributed by atoms with van der Waals surface area (Å²) in [4.78, 5) is 20.1. The summed E-state index contributed by atoms with van der Waals surface area (Å²) < 4.78 is 1.80. The monoisotopic (exact) mass is 513 g/mol. The highest BCUT2D eigenvalue weighted by atomic mass is 16.1. The third kappa shape index (κ3) is 8.03. The number of hydrogen-bond acceptors (Lipinski definition) is 5. The normalized spacial score (nSPS) is 11.1. The fourth-order valence-corrected chi connectivity index (χ4v) is 4.58. The lowest BCUT2D eigenvalue weighted by Gasteiger charge is -2.06. The SMILES string of the molecule is CCCCCc1ccc(C(=O)NCCn2cc(CCCCCc3[nH]c(N)nc3-c3ccccc3)nn2)cc1. The van der Waals surface area contributed by atoms with E-state index >= 15 is 0 Å². The Bertz CT molecular complexity index is 1260.